The van der Waals surface area contributed by atoms with E-state index in [-0.39, 0.29) is 0 Å². The highest BCUT2D eigenvalue weighted by atomic mass is 15.1. The van der Waals surface area contributed by atoms with Gasteiger partial charge in [-0.1, -0.05) is 20.3 Å². The van der Waals surface area contributed by atoms with Gasteiger partial charge in [-0.25, -0.2) is 4.98 Å². The molecular weight excluding hydrogens is 186 g/mol. The van der Waals surface area contributed by atoms with Crippen molar-refractivity contribution >= 4 is 0 Å². The molecule has 3 heteroatoms. The molecule has 0 saturated carbocycles. The number of aryl methyl sites for hydroxylation is 1. The molecule has 2 N–H and O–H groups in total. The van der Waals surface area contributed by atoms with Gasteiger partial charge >= 0.3 is 0 Å². The van der Waals surface area contributed by atoms with E-state index in [1.54, 1.807) is 0 Å². The smallest absolute Gasteiger partial charge is 0.111 e. The molecule has 3 nitrogen and oxygen atoms in total. The van der Waals surface area contributed by atoms with Crippen LogP contribution in [0.5, 0.6) is 0 Å². The molecule has 1 rings (SSSR count). The minimum absolute atomic E-state index is 0.331. The van der Waals surface area contributed by atoms with E-state index in [1.807, 2.05) is 6.20 Å². The predicted octanol–water partition coefficient (Wildman–Crippen LogP) is 2.52. The first-order chi connectivity index (χ1) is 7.11. The zero-order valence-electron chi connectivity index (χ0n) is 10.1. The summed E-state index contributed by atoms with van der Waals surface area (Å²) in [6.07, 6.45) is 7.47. The molecule has 0 aliphatic carbocycles. The monoisotopic (exact) mass is 209 g/mol. The summed E-state index contributed by atoms with van der Waals surface area (Å²) in [5, 5.41) is 0. The Morgan fingerprint density at radius 2 is 2.07 bits per heavy atom. The molecular formula is C12H23N3. The zero-order valence-corrected chi connectivity index (χ0v) is 10.1. The number of hydrogen-bond acceptors (Lipinski definition) is 2. The Morgan fingerprint density at radius 1 is 1.33 bits per heavy atom. The van der Waals surface area contributed by atoms with Gasteiger partial charge in [-0.2, -0.15) is 0 Å². The Labute approximate surface area is 92.7 Å². The molecule has 15 heavy (non-hydrogen) atoms. The summed E-state index contributed by atoms with van der Waals surface area (Å²) in [6, 6.07) is 0.331. The number of imidazole rings is 1. The quantitative estimate of drug-likeness (QED) is 0.732. The van der Waals surface area contributed by atoms with E-state index in [1.165, 1.54) is 18.7 Å². The number of hydrogen-bond donors (Lipinski definition) is 1. The van der Waals surface area contributed by atoms with Crippen LogP contribution in [-0.4, -0.2) is 15.6 Å². The van der Waals surface area contributed by atoms with Crippen LogP contribution in [0, 0.1) is 0 Å². The topological polar surface area (TPSA) is 43.8 Å². The van der Waals surface area contributed by atoms with Gasteiger partial charge in [-0.05, 0) is 19.8 Å². The molecule has 0 fully saturated rings. The molecule has 1 aromatic heterocycles. The van der Waals surface area contributed by atoms with Crippen molar-refractivity contribution in [3.8, 4) is 0 Å². The van der Waals surface area contributed by atoms with E-state index >= 15 is 0 Å². The SMILES string of the molecule is CC(N)CCCCn1ccnc1C(C)C. The molecule has 0 amide bonds. The maximum Gasteiger partial charge on any atom is 0.111 e. The van der Waals surface area contributed by atoms with Gasteiger partial charge in [0.2, 0.25) is 0 Å². The molecule has 0 bridgehead atoms. The number of nitrogens with two attached hydrogens (primary N) is 1. The number of rotatable bonds is 6. The molecule has 0 spiro atoms. The van der Waals surface area contributed by atoms with Gasteiger partial charge in [0.1, 0.15) is 5.82 Å². The number of aromatic nitrogens is 2. The Morgan fingerprint density at radius 3 is 2.67 bits per heavy atom. The van der Waals surface area contributed by atoms with Crippen molar-refractivity contribution in [1.29, 1.82) is 0 Å². The van der Waals surface area contributed by atoms with Crippen LogP contribution >= 0.6 is 0 Å². The van der Waals surface area contributed by atoms with E-state index in [0.29, 0.717) is 12.0 Å². The van der Waals surface area contributed by atoms with Gasteiger partial charge in [0.25, 0.3) is 0 Å². The lowest BCUT2D eigenvalue weighted by molar-refractivity contribution is 0.530. The van der Waals surface area contributed by atoms with Crippen molar-refractivity contribution in [2.75, 3.05) is 0 Å². The van der Waals surface area contributed by atoms with E-state index in [0.717, 1.165) is 13.0 Å². The first-order valence-electron chi connectivity index (χ1n) is 5.88. The van der Waals surface area contributed by atoms with E-state index in [9.17, 15) is 0 Å². The normalized spacial score (nSPS) is 13.4. The van der Waals surface area contributed by atoms with Crippen molar-refractivity contribution in [2.24, 2.45) is 5.73 Å². The zero-order chi connectivity index (χ0) is 11.3. The molecule has 0 radical (unpaired) electrons. The van der Waals surface area contributed by atoms with E-state index < -0.39 is 0 Å². The molecule has 1 atom stereocenters. The number of nitrogens with zero attached hydrogens (tertiary/aromatic N) is 2. The lowest BCUT2D eigenvalue weighted by Crippen LogP contribution is -2.14. The van der Waals surface area contributed by atoms with Crippen LogP contribution in [0.1, 0.15) is 51.8 Å². The van der Waals surface area contributed by atoms with E-state index in [4.69, 9.17) is 5.73 Å². The number of unbranched alkanes of at least 4 members (excludes halogenated alkanes) is 1. The van der Waals surface area contributed by atoms with E-state index in [2.05, 4.69) is 36.5 Å². The Bertz CT molecular complexity index is 276. The average molecular weight is 209 g/mol. The molecule has 0 aromatic carbocycles. The standard InChI is InChI=1S/C12H23N3/c1-10(2)12-14-7-9-15(12)8-5-4-6-11(3)13/h7,9-11H,4-6,8,13H2,1-3H3. The van der Waals surface area contributed by atoms with Gasteiger partial charge in [0, 0.05) is 30.9 Å². The maximum absolute atomic E-state index is 5.71. The highest BCUT2D eigenvalue weighted by molar-refractivity contribution is 4.97. The van der Waals surface area contributed by atoms with Crippen molar-refractivity contribution in [3.63, 3.8) is 0 Å². The van der Waals surface area contributed by atoms with Crippen molar-refractivity contribution < 1.29 is 0 Å². The second-order valence-electron chi connectivity index (χ2n) is 4.61. The highest BCUT2D eigenvalue weighted by Crippen LogP contribution is 2.12. The second kappa shape index (κ2) is 5.91. The molecule has 86 valence electrons. The molecule has 0 aliphatic heterocycles. The van der Waals surface area contributed by atoms with Crippen molar-refractivity contribution in [2.45, 2.75) is 58.5 Å². The van der Waals surface area contributed by atoms with Crippen LogP contribution in [0.3, 0.4) is 0 Å². The summed E-state index contributed by atoms with van der Waals surface area (Å²) in [5.41, 5.74) is 5.71. The van der Waals surface area contributed by atoms with Crippen LogP contribution < -0.4 is 5.73 Å². The summed E-state index contributed by atoms with van der Waals surface area (Å²) in [7, 11) is 0. The fourth-order valence-electron chi connectivity index (χ4n) is 1.76. The van der Waals surface area contributed by atoms with Gasteiger partial charge in [0.15, 0.2) is 0 Å². The van der Waals surface area contributed by atoms with Crippen LogP contribution in [0.25, 0.3) is 0 Å². The molecule has 0 aliphatic rings. The largest absolute Gasteiger partial charge is 0.335 e. The first-order valence-corrected chi connectivity index (χ1v) is 5.88. The summed E-state index contributed by atoms with van der Waals surface area (Å²) in [6.45, 7) is 7.50. The van der Waals surface area contributed by atoms with Gasteiger partial charge in [-0.15, -0.1) is 0 Å². The third-order valence-corrected chi connectivity index (χ3v) is 2.57. The van der Waals surface area contributed by atoms with Crippen LogP contribution in [0.2, 0.25) is 0 Å². The fourth-order valence-corrected chi connectivity index (χ4v) is 1.76. The minimum atomic E-state index is 0.331. The third-order valence-electron chi connectivity index (χ3n) is 2.57. The summed E-state index contributed by atoms with van der Waals surface area (Å²) in [4.78, 5) is 4.37. The highest BCUT2D eigenvalue weighted by Gasteiger charge is 2.06. The van der Waals surface area contributed by atoms with Crippen LogP contribution in [-0.2, 0) is 6.54 Å². The average Bonchev–Trinajstić information content (AvgIpc) is 2.60. The summed E-state index contributed by atoms with van der Waals surface area (Å²) >= 11 is 0. The second-order valence-corrected chi connectivity index (χ2v) is 4.61. The minimum Gasteiger partial charge on any atom is -0.335 e. The predicted molar refractivity (Wildman–Crippen MR) is 63.8 cm³/mol. The van der Waals surface area contributed by atoms with Crippen molar-refractivity contribution in [1.82, 2.24) is 9.55 Å². The van der Waals surface area contributed by atoms with Crippen LogP contribution in [0.15, 0.2) is 12.4 Å². The Balaban J connectivity index is 2.34. The Hall–Kier alpha value is -0.830. The maximum atomic E-state index is 5.71. The van der Waals surface area contributed by atoms with Gasteiger partial charge in [0.05, 0.1) is 0 Å². The fraction of sp³-hybridized carbons (Fsp3) is 0.750. The third kappa shape index (κ3) is 4.04. The molecule has 1 unspecified atom stereocenters. The summed E-state index contributed by atoms with van der Waals surface area (Å²) in [5.74, 6) is 1.70. The molecule has 0 saturated heterocycles. The Kier molecular flexibility index (Phi) is 4.82. The molecule has 1 aromatic rings. The lowest BCUT2D eigenvalue weighted by atomic mass is 10.1. The van der Waals surface area contributed by atoms with Crippen molar-refractivity contribution in [3.05, 3.63) is 18.2 Å². The summed E-state index contributed by atoms with van der Waals surface area (Å²) < 4.78 is 2.26. The lowest BCUT2D eigenvalue weighted by Gasteiger charge is -2.10. The van der Waals surface area contributed by atoms with Gasteiger partial charge < -0.3 is 10.3 Å². The van der Waals surface area contributed by atoms with Crippen LogP contribution in [0.4, 0.5) is 0 Å². The molecule has 1 heterocycles. The van der Waals surface area contributed by atoms with Gasteiger partial charge in [-0.3, -0.25) is 0 Å². The first kappa shape index (κ1) is 12.2.